The predicted octanol–water partition coefficient (Wildman–Crippen LogP) is 6.76. The van der Waals surface area contributed by atoms with E-state index in [2.05, 4.69) is 36.0 Å². The molecule has 264 valence electrons. The number of nitrogens with zero attached hydrogens (tertiary/aromatic N) is 2. The molecule has 0 radical (unpaired) electrons. The van der Waals surface area contributed by atoms with Crippen molar-refractivity contribution < 1.29 is 38.3 Å². The van der Waals surface area contributed by atoms with Crippen molar-refractivity contribution in [1.82, 2.24) is 9.80 Å². The average molecular weight is 683 g/mol. The maximum Gasteiger partial charge on any atom is 0.204 e. The summed E-state index contributed by atoms with van der Waals surface area (Å²) in [6, 6.07) is 14.2. The standard InChI is InChI=1S/C40H46N2O8/c1-41-20-25-13-24-16-34(33(47-6)19-28(24)37-36(25)26(21-41)17-35(48-7)38(37)43)50-39-23(9-10-30(44-3)40(39)49-8)14-29-27-18-32(46-5)31(45-4)15-22(27)11-12-42(29)2/h9-10,15-19,25,29,43H,11-14,20-21H2,1-8H3/t25-,29+/m1/s1. The van der Waals surface area contributed by atoms with Crippen molar-refractivity contribution in [3.05, 3.63) is 75.8 Å². The van der Waals surface area contributed by atoms with Crippen LogP contribution in [0, 0.1) is 0 Å². The van der Waals surface area contributed by atoms with Crippen LogP contribution in [0.3, 0.4) is 0 Å². The van der Waals surface area contributed by atoms with Gasteiger partial charge in [-0.15, -0.1) is 0 Å². The first-order chi connectivity index (χ1) is 24.2. The number of aromatic hydroxyl groups is 1. The number of hydrogen-bond donors (Lipinski definition) is 1. The molecule has 3 aliphatic rings. The lowest BCUT2D eigenvalue weighted by atomic mass is 9.74. The molecule has 0 saturated heterocycles. The van der Waals surface area contributed by atoms with Crippen LogP contribution in [0.2, 0.25) is 0 Å². The lowest BCUT2D eigenvalue weighted by molar-refractivity contribution is 0.226. The second-order valence-electron chi connectivity index (χ2n) is 13.4. The summed E-state index contributed by atoms with van der Waals surface area (Å²) in [4.78, 5) is 4.68. The molecule has 4 aromatic rings. The van der Waals surface area contributed by atoms with Crippen LogP contribution < -0.4 is 33.2 Å². The van der Waals surface area contributed by atoms with Crippen LogP contribution in [-0.2, 0) is 25.8 Å². The fourth-order valence-corrected chi connectivity index (χ4v) is 8.19. The molecule has 1 N–H and O–H groups in total. The van der Waals surface area contributed by atoms with Gasteiger partial charge in [-0.05, 0) is 103 Å². The Morgan fingerprint density at radius 3 is 2.06 bits per heavy atom. The van der Waals surface area contributed by atoms with Gasteiger partial charge in [0.25, 0.3) is 0 Å². The zero-order chi connectivity index (χ0) is 35.3. The summed E-state index contributed by atoms with van der Waals surface area (Å²) >= 11 is 0. The van der Waals surface area contributed by atoms with Crippen molar-refractivity contribution in [2.24, 2.45) is 0 Å². The summed E-state index contributed by atoms with van der Waals surface area (Å²) in [7, 11) is 14.1. The molecule has 4 aromatic carbocycles. The molecule has 2 atom stereocenters. The Bertz CT molecular complexity index is 1940. The number of hydrogen-bond acceptors (Lipinski definition) is 10. The Labute approximate surface area is 294 Å². The normalized spacial score (nSPS) is 18.0. The van der Waals surface area contributed by atoms with Crippen LogP contribution >= 0.6 is 0 Å². The lowest BCUT2D eigenvalue weighted by Gasteiger charge is -2.38. The summed E-state index contributed by atoms with van der Waals surface area (Å²) < 4.78 is 41.6. The Kier molecular flexibility index (Phi) is 9.09. The van der Waals surface area contributed by atoms with E-state index < -0.39 is 0 Å². The van der Waals surface area contributed by atoms with E-state index in [1.165, 1.54) is 22.3 Å². The molecule has 0 bridgehead atoms. The van der Waals surface area contributed by atoms with Gasteiger partial charge in [-0.2, -0.15) is 0 Å². The lowest BCUT2D eigenvalue weighted by Crippen LogP contribution is -2.33. The molecule has 0 spiro atoms. The average Bonchev–Trinajstić information content (AvgIpc) is 3.12. The molecule has 0 saturated carbocycles. The van der Waals surface area contributed by atoms with E-state index in [-0.39, 0.29) is 17.7 Å². The van der Waals surface area contributed by atoms with Gasteiger partial charge in [-0.1, -0.05) is 6.07 Å². The summed E-state index contributed by atoms with van der Waals surface area (Å²) in [6.07, 6.45) is 2.34. The van der Waals surface area contributed by atoms with E-state index in [1.807, 2.05) is 30.3 Å². The van der Waals surface area contributed by atoms with E-state index >= 15 is 0 Å². The molecule has 10 nitrogen and oxygen atoms in total. The number of fused-ring (bicyclic) bond motifs is 3. The van der Waals surface area contributed by atoms with Crippen LogP contribution in [0.15, 0.2) is 42.5 Å². The molecule has 2 aliphatic heterocycles. The van der Waals surface area contributed by atoms with E-state index in [0.717, 1.165) is 60.5 Å². The van der Waals surface area contributed by atoms with Crippen molar-refractivity contribution in [3.63, 3.8) is 0 Å². The molecule has 50 heavy (non-hydrogen) atoms. The molecular weight excluding hydrogens is 636 g/mol. The second-order valence-corrected chi connectivity index (χ2v) is 13.4. The van der Waals surface area contributed by atoms with Crippen molar-refractivity contribution in [2.45, 2.75) is 37.8 Å². The van der Waals surface area contributed by atoms with E-state index in [1.54, 1.807) is 42.7 Å². The van der Waals surface area contributed by atoms with Gasteiger partial charge < -0.3 is 43.2 Å². The third kappa shape index (κ3) is 5.60. The van der Waals surface area contributed by atoms with Crippen molar-refractivity contribution >= 4 is 0 Å². The number of likely N-dealkylation sites (N-methyl/N-ethyl adjacent to an activating group) is 2. The number of benzene rings is 4. The van der Waals surface area contributed by atoms with Crippen molar-refractivity contribution in [1.29, 1.82) is 0 Å². The monoisotopic (exact) mass is 682 g/mol. The highest BCUT2D eigenvalue weighted by Crippen LogP contribution is 2.54. The fourth-order valence-electron chi connectivity index (χ4n) is 8.19. The van der Waals surface area contributed by atoms with Gasteiger partial charge in [0, 0.05) is 42.7 Å². The zero-order valence-electron chi connectivity index (χ0n) is 30.1. The molecule has 10 heteroatoms. The second kappa shape index (κ2) is 13.5. The summed E-state index contributed by atoms with van der Waals surface area (Å²) in [5, 5.41) is 11.5. The molecule has 7 rings (SSSR count). The van der Waals surface area contributed by atoms with Crippen LogP contribution in [-0.4, -0.2) is 84.7 Å². The van der Waals surface area contributed by atoms with Crippen LogP contribution in [0.25, 0.3) is 11.1 Å². The van der Waals surface area contributed by atoms with Crippen LogP contribution in [0.5, 0.6) is 51.7 Å². The molecule has 0 unspecified atom stereocenters. The quantitative estimate of drug-likeness (QED) is 0.194. The molecule has 2 heterocycles. The minimum absolute atomic E-state index is 0.0383. The minimum Gasteiger partial charge on any atom is -0.504 e. The first-order valence-corrected chi connectivity index (χ1v) is 16.9. The van der Waals surface area contributed by atoms with Crippen molar-refractivity contribution in [3.8, 4) is 62.9 Å². The largest absolute Gasteiger partial charge is 0.504 e. The molecular formula is C40H46N2O8. The molecule has 1 aliphatic carbocycles. The van der Waals surface area contributed by atoms with Crippen LogP contribution in [0.4, 0.5) is 0 Å². The first-order valence-electron chi connectivity index (χ1n) is 16.9. The first kappa shape index (κ1) is 33.7. The number of methoxy groups -OCH3 is 6. The Morgan fingerprint density at radius 2 is 1.36 bits per heavy atom. The smallest absolute Gasteiger partial charge is 0.204 e. The van der Waals surface area contributed by atoms with Crippen molar-refractivity contribution in [2.75, 3.05) is 69.8 Å². The maximum absolute atomic E-state index is 11.5. The summed E-state index contributed by atoms with van der Waals surface area (Å²) in [5.74, 6) is 4.99. The van der Waals surface area contributed by atoms with Gasteiger partial charge >= 0.3 is 0 Å². The highest BCUT2D eigenvalue weighted by molar-refractivity contribution is 5.85. The Balaban J connectivity index is 1.34. The summed E-state index contributed by atoms with van der Waals surface area (Å²) in [5.41, 5.74) is 8.54. The molecule has 0 amide bonds. The van der Waals surface area contributed by atoms with E-state index in [0.29, 0.717) is 46.7 Å². The molecule has 0 aromatic heterocycles. The zero-order valence-corrected chi connectivity index (χ0v) is 30.1. The predicted molar refractivity (Wildman–Crippen MR) is 191 cm³/mol. The Hall–Kier alpha value is -4.80. The van der Waals surface area contributed by atoms with Gasteiger partial charge in [0.1, 0.15) is 0 Å². The maximum atomic E-state index is 11.5. The molecule has 0 fully saturated rings. The van der Waals surface area contributed by atoms with Gasteiger partial charge in [0.2, 0.25) is 5.75 Å². The number of phenols is 1. The minimum atomic E-state index is 0.0383. The topological polar surface area (TPSA) is 91.3 Å². The number of ether oxygens (including phenoxy) is 7. The SMILES string of the molecule is COc1cc2c(cc1OC)[C@H](Cc1ccc(OC)c(OC)c1Oc1cc3c(cc1OC)-c1c(O)c(OC)cc4c1[C@H](C3)CN(C)C4)N(C)CC2. The number of phenolic OH excluding ortho intramolecular Hbond substituents is 1. The number of rotatable bonds is 10. The highest BCUT2D eigenvalue weighted by Gasteiger charge is 2.36. The van der Waals surface area contributed by atoms with Gasteiger partial charge in [-0.25, -0.2) is 0 Å². The highest BCUT2D eigenvalue weighted by atomic mass is 16.5. The van der Waals surface area contributed by atoms with E-state index in [4.69, 9.17) is 33.2 Å². The van der Waals surface area contributed by atoms with Gasteiger partial charge in [-0.3, -0.25) is 4.90 Å². The van der Waals surface area contributed by atoms with Gasteiger partial charge in [0.15, 0.2) is 46.0 Å². The third-order valence-corrected chi connectivity index (χ3v) is 10.6. The summed E-state index contributed by atoms with van der Waals surface area (Å²) in [6.45, 7) is 2.57. The van der Waals surface area contributed by atoms with Crippen LogP contribution in [0.1, 0.15) is 45.3 Å². The fraction of sp³-hybridized carbons (Fsp3) is 0.400. The van der Waals surface area contributed by atoms with Gasteiger partial charge in [0.05, 0.1) is 42.7 Å². The van der Waals surface area contributed by atoms with E-state index in [9.17, 15) is 5.11 Å². The third-order valence-electron chi connectivity index (χ3n) is 10.6. The Morgan fingerprint density at radius 1 is 0.700 bits per heavy atom.